The molecule has 0 saturated heterocycles. The fourth-order valence-corrected chi connectivity index (χ4v) is 2.45. The standard InChI is InChI=1S/C20H20F3NO4/c1-24(13-15-6-4-5-7-18(15)28-20(21,22)23)19(25)11-8-14-12-16(26-2)9-10-17(14)27-3/h4-12H,13H2,1-3H3/b11-8+. The van der Waals surface area contributed by atoms with Crippen LogP contribution in [0.25, 0.3) is 6.08 Å². The van der Waals surface area contributed by atoms with Crippen LogP contribution >= 0.6 is 0 Å². The first-order valence-corrected chi connectivity index (χ1v) is 8.22. The average molecular weight is 395 g/mol. The summed E-state index contributed by atoms with van der Waals surface area (Å²) in [4.78, 5) is 13.7. The highest BCUT2D eigenvalue weighted by molar-refractivity contribution is 5.92. The zero-order valence-corrected chi connectivity index (χ0v) is 15.6. The van der Waals surface area contributed by atoms with Gasteiger partial charge < -0.3 is 19.1 Å². The summed E-state index contributed by atoms with van der Waals surface area (Å²) in [5.41, 5.74) is 0.868. The third kappa shape index (κ3) is 5.94. The Hall–Kier alpha value is -3.16. The first kappa shape index (κ1) is 21.1. The van der Waals surface area contributed by atoms with Crippen LogP contribution < -0.4 is 14.2 Å². The number of carbonyl (C=O) groups excluding carboxylic acids is 1. The number of rotatable bonds is 7. The van der Waals surface area contributed by atoms with Gasteiger partial charge in [0.05, 0.1) is 14.2 Å². The van der Waals surface area contributed by atoms with E-state index in [1.165, 1.54) is 50.4 Å². The predicted octanol–water partition coefficient (Wildman–Crippen LogP) is 4.27. The Morgan fingerprint density at radius 2 is 1.79 bits per heavy atom. The summed E-state index contributed by atoms with van der Waals surface area (Å²) in [6.45, 7) is -0.0509. The second-order valence-electron chi connectivity index (χ2n) is 5.79. The SMILES string of the molecule is COc1ccc(OC)c(/C=C/C(=O)N(C)Cc2ccccc2OC(F)(F)F)c1. The minimum absolute atomic E-state index is 0.0509. The van der Waals surface area contributed by atoms with Crippen molar-refractivity contribution >= 4 is 12.0 Å². The van der Waals surface area contributed by atoms with E-state index < -0.39 is 12.3 Å². The molecule has 8 heteroatoms. The smallest absolute Gasteiger partial charge is 0.497 e. The lowest BCUT2D eigenvalue weighted by Gasteiger charge is -2.18. The molecule has 0 aliphatic carbocycles. The molecular weight excluding hydrogens is 375 g/mol. The van der Waals surface area contributed by atoms with Gasteiger partial charge in [0.15, 0.2) is 0 Å². The van der Waals surface area contributed by atoms with Gasteiger partial charge in [-0.2, -0.15) is 0 Å². The van der Waals surface area contributed by atoms with E-state index in [0.29, 0.717) is 17.1 Å². The Morgan fingerprint density at radius 1 is 1.07 bits per heavy atom. The van der Waals surface area contributed by atoms with Crippen molar-refractivity contribution in [3.63, 3.8) is 0 Å². The molecule has 0 spiro atoms. The van der Waals surface area contributed by atoms with Gasteiger partial charge in [-0.05, 0) is 30.3 Å². The van der Waals surface area contributed by atoms with Gasteiger partial charge in [-0.15, -0.1) is 13.2 Å². The third-order valence-electron chi connectivity index (χ3n) is 3.82. The van der Waals surface area contributed by atoms with Crippen LogP contribution in [0.4, 0.5) is 13.2 Å². The highest BCUT2D eigenvalue weighted by Crippen LogP contribution is 2.27. The fraction of sp³-hybridized carbons (Fsp3) is 0.250. The first-order chi connectivity index (χ1) is 13.2. The number of amides is 1. The highest BCUT2D eigenvalue weighted by atomic mass is 19.4. The molecule has 0 N–H and O–H groups in total. The van der Waals surface area contributed by atoms with Crippen LogP contribution in [-0.2, 0) is 11.3 Å². The quantitative estimate of drug-likeness (QED) is 0.657. The summed E-state index contributed by atoms with van der Waals surface area (Å²) in [5, 5.41) is 0. The molecule has 5 nitrogen and oxygen atoms in total. The minimum Gasteiger partial charge on any atom is -0.497 e. The van der Waals surface area contributed by atoms with E-state index in [9.17, 15) is 18.0 Å². The van der Waals surface area contributed by atoms with Crippen LogP contribution in [0.2, 0.25) is 0 Å². The lowest BCUT2D eigenvalue weighted by atomic mass is 10.1. The molecule has 1 amide bonds. The van der Waals surface area contributed by atoms with E-state index in [0.717, 1.165) is 0 Å². The van der Waals surface area contributed by atoms with Gasteiger partial charge >= 0.3 is 6.36 Å². The second-order valence-corrected chi connectivity index (χ2v) is 5.79. The number of benzene rings is 2. The van der Waals surface area contributed by atoms with E-state index in [1.54, 1.807) is 30.3 Å². The number of carbonyl (C=O) groups is 1. The van der Waals surface area contributed by atoms with Gasteiger partial charge in [0.25, 0.3) is 0 Å². The topological polar surface area (TPSA) is 48.0 Å². The van der Waals surface area contributed by atoms with Gasteiger partial charge in [0.1, 0.15) is 17.2 Å². The lowest BCUT2D eigenvalue weighted by molar-refractivity contribution is -0.275. The molecule has 0 aliphatic rings. The largest absolute Gasteiger partial charge is 0.573 e. The number of para-hydroxylation sites is 1. The van der Waals surface area contributed by atoms with Crippen LogP contribution in [0, 0.1) is 0 Å². The Bertz CT molecular complexity index is 850. The predicted molar refractivity (Wildman–Crippen MR) is 98.2 cm³/mol. The number of alkyl halides is 3. The molecule has 2 aromatic rings. The molecule has 0 aliphatic heterocycles. The average Bonchev–Trinajstić information content (AvgIpc) is 2.66. The molecular formula is C20H20F3NO4. The van der Waals surface area contributed by atoms with Crippen molar-refractivity contribution < 1.29 is 32.2 Å². The first-order valence-electron chi connectivity index (χ1n) is 8.22. The molecule has 0 atom stereocenters. The number of ether oxygens (including phenoxy) is 3. The highest BCUT2D eigenvalue weighted by Gasteiger charge is 2.32. The van der Waals surface area contributed by atoms with Crippen molar-refractivity contribution in [3.8, 4) is 17.2 Å². The van der Waals surface area contributed by atoms with E-state index in [-0.39, 0.29) is 17.9 Å². The van der Waals surface area contributed by atoms with Crippen LogP contribution in [0.3, 0.4) is 0 Å². The number of hydrogen-bond donors (Lipinski definition) is 0. The van der Waals surface area contributed by atoms with Crippen molar-refractivity contribution in [2.75, 3.05) is 21.3 Å². The van der Waals surface area contributed by atoms with Crippen LogP contribution in [-0.4, -0.2) is 38.4 Å². The molecule has 0 radical (unpaired) electrons. The molecule has 2 aromatic carbocycles. The summed E-state index contributed by atoms with van der Waals surface area (Å²) in [6, 6.07) is 10.8. The molecule has 0 unspecified atom stereocenters. The van der Waals surface area contributed by atoms with E-state index in [2.05, 4.69) is 4.74 Å². The van der Waals surface area contributed by atoms with Gasteiger partial charge in [0.2, 0.25) is 5.91 Å². The third-order valence-corrected chi connectivity index (χ3v) is 3.82. The molecule has 0 saturated carbocycles. The van der Waals surface area contributed by atoms with Crippen molar-refractivity contribution in [1.82, 2.24) is 4.90 Å². The van der Waals surface area contributed by atoms with Gasteiger partial charge in [0, 0.05) is 30.8 Å². The molecule has 0 fully saturated rings. The van der Waals surface area contributed by atoms with E-state index >= 15 is 0 Å². The molecule has 150 valence electrons. The Balaban J connectivity index is 2.13. The van der Waals surface area contributed by atoms with Gasteiger partial charge in [-0.25, -0.2) is 0 Å². The van der Waals surface area contributed by atoms with Gasteiger partial charge in [-0.3, -0.25) is 4.79 Å². The number of hydrogen-bond acceptors (Lipinski definition) is 4. The number of nitrogens with zero attached hydrogens (tertiary/aromatic N) is 1. The van der Waals surface area contributed by atoms with Crippen molar-refractivity contribution in [2.45, 2.75) is 12.9 Å². The molecule has 0 bridgehead atoms. The summed E-state index contributed by atoms with van der Waals surface area (Å²) in [6.07, 6.45) is -1.94. The summed E-state index contributed by atoms with van der Waals surface area (Å²) in [5.74, 6) is 0.413. The van der Waals surface area contributed by atoms with E-state index in [4.69, 9.17) is 9.47 Å². The van der Waals surface area contributed by atoms with Crippen molar-refractivity contribution in [1.29, 1.82) is 0 Å². The molecule has 2 rings (SSSR count). The maximum Gasteiger partial charge on any atom is 0.573 e. The second kappa shape index (κ2) is 9.16. The monoisotopic (exact) mass is 395 g/mol. The Labute approximate surface area is 160 Å². The molecule has 0 heterocycles. The normalized spacial score (nSPS) is 11.4. The summed E-state index contributed by atoms with van der Waals surface area (Å²) >= 11 is 0. The maximum absolute atomic E-state index is 12.5. The van der Waals surface area contributed by atoms with Crippen LogP contribution in [0.15, 0.2) is 48.5 Å². The maximum atomic E-state index is 12.5. The van der Waals surface area contributed by atoms with Crippen LogP contribution in [0.1, 0.15) is 11.1 Å². The fourth-order valence-electron chi connectivity index (χ4n) is 2.45. The molecule has 0 aromatic heterocycles. The number of halogens is 3. The summed E-state index contributed by atoms with van der Waals surface area (Å²) < 4.78 is 52.0. The van der Waals surface area contributed by atoms with Crippen LogP contribution in [0.5, 0.6) is 17.2 Å². The lowest BCUT2D eigenvalue weighted by Crippen LogP contribution is -2.25. The summed E-state index contributed by atoms with van der Waals surface area (Å²) in [7, 11) is 4.51. The Morgan fingerprint density at radius 3 is 2.43 bits per heavy atom. The van der Waals surface area contributed by atoms with Crippen molar-refractivity contribution in [2.24, 2.45) is 0 Å². The van der Waals surface area contributed by atoms with Crippen molar-refractivity contribution in [3.05, 3.63) is 59.7 Å². The van der Waals surface area contributed by atoms with E-state index in [1.807, 2.05) is 0 Å². The zero-order chi connectivity index (χ0) is 20.7. The Kier molecular flexibility index (Phi) is 6.92. The number of likely N-dealkylation sites (N-methyl/N-ethyl adjacent to an activating group) is 1. The molecule has 28 heavy (non-hydrogen) atoms. The number of methoxy groups -OCH3 is 2. The van der Waals surface area contributed by atoms with Gasteiger partial charge in [-0.1, -0.05) is 18.2 Å². The minimum atomic E-state index is -4.80. The zero-order valence-electron chi connectivity index (χ0n) is 15.6.